The number of rotatable bonds is 11. The van der Waals surface area contributed by atoms with E-state index in [1.54, 1.807) is 0 Å². The first-order chi connectivity index (χ1) is 10.7. The number of aliphatic hydroxyl groups is 2. The number of hydrogen-bond donors (Lipinski definition) is 2. The summed E-state index contributed by atoms with van der Waals surface area (Å²) in [6.07, 6.45) is 10.5. The van der Waals surface area contributed by atoms with E-state index < -0.39 is 5.60 Å². The summed E-state index contributed by atoms with van der Waals surface area (Å²) in [5, 5.41) is 20.8. The smallest absolute Gasteiger partial charge is 0.0709 e. The van der Waals surface area contributed by atoms with Crippen LogP contribution >= 0.6 is 0 Å². The molecular weight excluding hydrogens is 272 g/mol. The van der Waals surface area contributed by atoms with E-state index in [9.17, 15) is 10.2 Å². The molecule has 3 atom stereocenters. The van der Waals surface area contributed by atoms with Crippen LogP contribution in [0.5, 0.6) is 0 Å². The van der Waals surface area contributed by atoms with Gasteiger partial charge in [-0.1, -0.05) is 75.8 Å². The molecule has 0 unspecified atom stereocenters. The highest BCUT2D eigenvalue weighted by Gasteiger charge is 2.55. The number of hydrogen-bond acceptors (Lipinski definition) is 2. The maximum atomic E-state index is 10.5. The minimum absolute atomic E-state index is 0.104. The Morgan fingerprint density at radius 1 is 1.09 bits per heavy atom. The van der Waals surface area contributed by atoms with Crippen LogP contribution in [-0.4, -0.2) is 21.9 Å². The summed E-state index contributed by atoms with van der Waals surface area (Å²) in [4.78, 5) is 0. The second kappa shape index (κ2) is 8.69. The predicted molar refractivity (Wildman–Crippen MR) is 91.8 cm³/mol. The van der Waals surface area contributed by atoms with Gasteiger partial charge in [0.05, 0.1) is 11.7 Å². The summed E-state index contributed by atoms with van der Waals surface area (Å²) in [6.45, 7) is 2.23. The van der Waals surface area contributed by atoms with Crippen LogP contribution in [0.15, 0.2) is 30.3 Å². The number of unbranched alkanes of at least 4 members (excludes halogenated alkanes) is 5. The molecule has 0 aliphatic heterocycles. The van der Waals surface area contributed by atoms with E-state index in [1.807, 2.05) is 18.2 Å². The average Bonchev–Trinajstić information content (AvgIpc) is 3.22. The normalized spacial score (nSPS) is 25.1. The molecule has 0 spiro atoms. The van der Waals surface area contributed by atoms with Gasteiger partial charge in [0.25, 0.3) is 0 Å². The molecule has 1 fully saturated rings. The fourth-order valence-corrected chi connectivity index (χ4v) is 3.44. The molecule has 1 saturated carbocycles. The van der Waals surface area contributed by atoms with Crippen LogP contribution in [0.4, 0.5) is 0 Å². The lowest BCUT2D eigenvalue weighted by Crippen LogP contribution is -2.21. The van der Waals surface area contributed by atoms with Gasteiger partial charge in [-0.2, -0.15) is 0 Å². The van der Waals surface area contributed by atoms with Crippen LogP contribution in [0, 0.1) is 5.92 Å². The zero-order valence-corrected chi connectivity index (χ0v) is 14.0. The first-order valence-corrected chi connectivity index (χ1v) is 9.10. The molecule has 0 radical (unpaired) electrons. The first kappa shape index (κ1) is 17.5. The summed E-state index contributed by atoms with van der Waals surface area (Å²) < 4.78 is 0. The molecule has 2 N–H and O–H groups in total. The third-order valence-corrected chi connectivity index (χ3v) is 5.11. The van der Waals surface area contributed by atoms with Gasteiger partial charge >= 0.3 is 0 Å². The zero-order chi connectivity index (χ0) is 15.8. The maximum Gasteiger partial charge on any atom is 0.0709 e. The van der Waals surface area contributed by atoms with Crippen molar-refractivity contribution in [3.05, 3.63) is 35.9 Å². The Labute approximate surface area is 135 Å². The summed E-state index contributed by atoms with van der Waals surface area (Å²) in [5.41, 5.74) is 0.657. The van der Waals surface area contributed by atoms with Gasteiger partial charge in [0.1, 0.15) is 0 Å². The standard InChI is InChI=1S/C20H32O2/c1-2-3-4-5-6-10-13-19(21)18-16-20(18,22)15-14-17-11-8-7-9-12-17/h7-9,11-12,18-19,21-22H,2-6,10,13-16H2,1H3/t18-,19-,20-/m0/s1. The Morgan fingerprint density at radius 2 is 1.77 bits per heavy atom. The van der Waals surface area contributed by atoms with E-state index >= 15 is 0 Å². The molecule has 22 heavy (non-hydrogen) atoms. The van der Waals surface area contributed by atoms with Gasteiger partial charge in [0.15, 0.2) is 0 Å². The minimum atomic E-state index is -0.614. The van der Waals surface area contributed by atoms with E-state index in [2.05, 4.69) is 19.1 Å². The fourth-order valence-electron chi connectivity index (χ4n) is 3.44. The summed E-state index contributed by atoms with van der Waals surface area (Å²) in [5.74, 6) is 0.104. The van der Waals surface area contributed by atoms with E-state index in [0.717, 1.165) is 32.1 Å². The second-order valence-corrected chi connectivity index (χ2v) is 7.02. The minimum Gasteiger partial charge on any atom is -0.393 e. The number of aliphatic hydroxyl groups excluding tert-OH is 1. The largest absolute Gasteiger partial charge is 0.393 e. The van der Waals surface area contributed by atoms with Crippen LogP contribution in [0.1, 0.15) is 70.3 Å². The molecule has 1 aliphatic rings. The molecule has 2 nitrogen and oxygen atoms in total. The van der Waals surface area contributed by atoms with Gasteiger partial charge in [-0.3, -0.25) is 0 Å². The van der Waals surface area contributed by atoms with Crippen molar-refractivity contribution >= 4 is 0 Å². The van der Waals surface area contributed by atoms with Crippen molar-refractivity contribution in [2.24, 2.45) is 5.92 Å². The molecule has 1 aromatic carbocycles. The van der Waals surface area contributed by atoms with Crippen molar-refractivity contribution in [2.75, 3.05) is 0 Å². The molecule has 0 aromatic heterocycles. The zero-order valence-electron chi connectivity index (χ0n) is 14.0. The summed E-state index contributed by atoms with van der Waals surface area (Å²) in [7, 11) is 0. The molecular formula is C20H32O2. The third-order valence-electron chi connectivity index (χ3n) is 5.11. The predicted octanol–water partition coefficient (Wildman–Crippen LogP) is 4.48. The number of aryl methyl sites for hydroxylation is 1. The van der Waals surface area contributed by atoms with E-state index in [-0.39, 0.29) is 12.0 Å². The van der Waals surface area contributed by atoms with E-state index in [1.165, 1.54) is 37.7 Å². The molecule has 2 rings (SSSR count). The van der Waals surface area contributed by atoms with Gasteiger partial charge < -0.3 is 10.2 Å². The van der Waals surface area contributed by atoms with Crippen LogP contribution in [0.3, 0.4) is 0 Å². The molecule has 2 heteroatoms. The van der Waals surface area contributed by atoms with Crippen LogP contribution in [0.25, 0.3) is 0 Å². The summed E-state index contributed by atoms with van der Waals surface area (Å²) in [6, 6.07) is 10.3. The highest BCUT2D eigenvalue weighted by molar-refractivity contribution is 5.17. The molecule has 0 amide bonds. The monoisotopic (exact) mass is 304 g/mol. The molecule has 1 aliphatic carbocycles. The Morgan fingerprint density at radius 3 is 2.50 bits per heavy atom. The van der Waals surface area contributed by atoms with E-state index in [4.69, 9.17) is 0 Å². The SMILES string of the molecule is CCCCCCCC[C@H](O)[C@@H]1C[C@@]1(O)CCc1ccccc1. The fraction of sp³-hybridized carbons (Fsp3) is 0.700. The van der Waals surface area contributed by atoms with Crippen molar-refractivity contribution in [3.8, 4) is 0 Å². The lowest BCUT2D eigenvalue weighted by Gasteiger charge is -2.15. The van der Waals surface area contributed by atoms with Gasteiger partial charge in [-0.05, 0) is 31.2 Å². The summed E-state index contributed by atoms with van der Waals surface area (Å²) >= 11 is 0. The lowest BCUT2D eigenvalue weighted by atomic mass is 9.99. The van der Waals surface area contributed by atoms with Gasteiger partial charge in [-0.15, -0.1) is 0 Å². The van der Waals surface area contributed by atoms with Crippen molar-refractivity contribution < 1.29 is 10.2 Å². The quantitative estimate of drug-likeness (QED) is 0.592. The van der Waals surface area contributed by atoms with Gasteiger partial charge in [-0.25, -0.2) is 0 Å². The molecule has 0 bridgehead atoms. The van der Waals surface area contributed by atoms with Crippen molar-refractivity contribution in [2.45, 2.75) is 82.8 Å². The Hall–Kier alpha value is -0.860. The van der Waals surface area contributed by atoms with Gasteiger partial charge in [0.2, 0.25) is 0 Å². The average molecular weight is 304 g/mol. The van der Waals surface area contributed by atoms with Crippen LogP contribution in [-0.2, 0) is 6.42 Å². The van der Waals surface area contributed by atoms with E-state index in [0.29, 0.717) is 0 Å². The van der Waals surface area contributed by atoms with Crippen LogP contribution < -0.4 is 0 Å². The number of benzene rings is 1. The highest BCUT2D eigenvalue weighted by Crippen LogP contribution is 2.49. The Balaban J connectivity index is 1.60. The second-order valence-electron chi connectivity index (χ2n) is 7.02. The highest BCUT2D eigenvalue weighted by atomic mass is 16.3. The molecule has 0 heterocycles. The lowest BCUT2D eigenvalue weighted by molar-refractivity contribution is 0.0604. The molecule has 124 valence electrons. The van der Waals surface area contributed by atoms with Crippen molar-refractivity contribution in [1.82, 2.24) is 0 Å². The van der Waals surface area contributed by atoms with Crippen LogP contribution in [0.2, 0.25) is 0 Å². The Kier molecular flexibility index (Phi) is 6.91. The Bertz CT molecular complexity index is 417. The topological polar surface area (TPSA) is 40.5 Å². The maximum absolute atomic E-state index is 10.5. The third kappa shape index (κ3) is 5.40. The first-order valence-electron chi connectivity index (χ1n) is 9.10. The van der Waals surface area contributed by atoms with Gasteiger partial charge in [0, 0.05) is 5.92 Å². The molecule has 0 saturated heterocycles. The van der Waals surface area contributed by atoms with Crippen molar-refractivity contribution in [3.63, 3.8) is 0 Å². The van der Waals surface area contributed by atoms with Crippen molar-refractivity contribution in [1.29, 1.82) is 0 Å². The molecule has 1 aromatic rings.